The molecule has 0 amide bonds. The Morgan fingerprint density at radius 2 is 0.739 bits per heavy atom. The second-order valence-electron chi connectivity index (χ2n) is 11.6. The number of hydrogen-bond acceptors (Lipinski definition) is 12. The summed E-state index contributed by atoms with van der Waals surface area (Å²) < 4.78 is 45.0. The molecule has 1 saturated heterocycles. The molecule has 2 N–H and O–H groups in total. The van der Waals surface area contributed by atoms with Gasteiger partial charge in [0, 0.05) is 49.4 Å². The highest BCUT2D eigenvalue weighted by atomic mass is 16.7. The molecule has 5 heterocycles. The van der Waals surface area contributed by atoms with Crippen LogP contribution < -0.4 is 37.9 Å². The largest absolute Gasteiger partial charge is 0.507 e. The summed E-state index contributed by atoms with van der Waals surface area (Å²) in [6.07, 6.45) is 0. The van der Waals surface area contributed by atoms with Crippen molar-refractivity contribution in [2.45, 2.75) is 12.1 Å². The molecule has 4 aromatic rings. The highest BCUT2D eigenvalue weighted by Crippen LogP contribution is 2.48. The van der Waals surface area contributed by atoms with Gasteiger partial charge in [0.2, 0.25) is 27.2 Å². The van der Waals surface area contributed by atoms with Gasteiger partial charge in [-0.05, 0) is 47.5 Å². The second kappa shape index (κ2) is 10.7. The first kappa shape index (κ1) is 27.1. The third-order valence-electron chi connectivity index (χ3n) is 9.14. The van der Waals surface area contributed by atoms with Gasteiger partial charge in [-0.15, -0.1) is 0 Å². The molecule has 0 saturated carbocycles. The Labute approximate surface area is 263 Å². The third kappa shape index (κ3) is 4.52. The van der Waals surface area contributed by atoms with E-state index in [2.05, 4.69) is 9.80 Å². The summed E-state index contributed by atoms with van der Waals surface area (Å²) in [4.78, 5) is 4.67. The number of benzene rings is 4. The van der Waals surface area contributed by atoms with Gasteiger partial charge < -0.3 is 48.1 Å². The van der Waals surface area contributed by atoms with Crippen molar-refractivity contribution >= 4 is 0 Å². The topological polar surface area (TPSA) is 121 Å². The molecule has 1 fully saturated rings. The molecule has 2 atom stereocenters. The fourth-order valence-electron chi connectivity index (χ4n) is 6.93. The van der Waals surface area contributed by atoms with Crippen LogP contribution in [0.2, 0.25) is 0 Å². The molecule has 236 valence electrons. The number of phenolic OH excluding ortho intramolecular Hbond substituents is 2. The van der Waals surface area contributed by atoms with E-state index in [1.54, 1.807) is 12.1 Å². The molecule has 0 aromatic heterocycles. The molecule has 0 spiro atoms. The van der Waals surface area contributed by atoms with Gasteiger partial charge >= 0.3 is 0 Å². The van der Waals surface area contributed by atoms with Gasteiger partial charge in [0.1, 0.15) is 11.5 Å². The average molecular weight is 627 g/mol. The summed E-state index contributed by atoms with van der Waals surface area (Å²) in [5.74, 6) is 5.20. The maximum Gasteiger partial charge on any atom is 0.231 e. The van der Waals surface area contributed by atoms with Gasteiger partial charge in [0.05, 0.1) is 12.1 Å². The number of nitrogens with zero attached hydrogens (tertiary/aromatic N) is 2. The van der Waals surface area contributed by atoms with E-state index in [0.717, 1.165) is 11.1 Å². The maximum atomic E-state index is 11.3. The lowest BCUT2D eigenvalue weighted by Gasteiger charge is -2.43. The second-order valence-corrected chi connectivity index (χ2v) is 11.6. The summed E-state index contributed by atoms with van der Waals surface area (Å²) in [5, 5.41) is 22.5. The predicted molar refractivity (Wildman–Crippen MR) is 160 cm³/mol. The lowest BCUT2D eigenvalue weighted by molar-refractivity contribution is 0.0881. The van der Waals surface area contributed by atoms with Crippen LogP contribution in [0.4, 0.5) is 0 Å². The zero-order chi connectivity index (χ0) is 30.8. The third-order valence-corrected chi connectivity index (χ3v) is 9.14. The minimum atomic E-state index is -0.311. The van der Waals surface area contributed by atoms with Gasteiger partial charge in [-0.3, -0.25) is 9.80 Å². The highest BCUT2D eigenvalue weighted by Gasteiger charge is 2.36. The zero-order valence-electron chi connectivity index (χ0n) is 24.6. The number of piperazine rings is 1. The van der Waals surface area contributed by atoms with Crippen molar-refractivity contribution in [3.05, 3.63) is 82.9 Å². The van der Waals surface area contributed by atoms with Crippen LogP contribution >= 0.6 is 0 Å². The maximum absolute atomic E-state index is 11.3. The van der Waals surface area contributed by atoms with Gasteiger partial charge in [-0.25, -0.2) is 0 Å². The van der Waals surface area contributed by atoms with Crippen LogP contribution in [-0.4, -0.2) is 73.4 Å². The minimum Gasteiger partial charge on any atom is -0.507 e. The van der Waals surface area contributed by atoms with Gasteiger partial charge in [-0.1, -0.05) is 12.1 Å². The number of fused-ring (bicyclic) bond motifs is 4. The van der Waals surface area contributed by atoms with Crippen molar-refractivity contribution in [3.8, 4) is 57.5 Å². The van der Waals surface area contributed by atoms with Crippen LogP contribution in [-0.2, 0) is 0 Å². The molecule has 46 heavy (non-hydrogen) atoms. The molecule has 4 aromatic carbocycles. The molecule has 0 aliphatic carbocycles. The lowest BCUT2D eigenvalue weighted by atomic mass is 9.92. The van der Waals surface area contributed by atoms with Crippen molar-refractivity contribution in [3.63, 3.8) is 0 Å². The zero-order valence-corrected chi connectivity index (χ0v) is 24.6. The number of hydrogen-bond donors (Lipinski definition) is 2. The van der Waals surface area contributed by atoms with Crippen molar-refractivity contribution in [1.29, 1.82) is 0 Å². The SMILES string of the molecule is Oc1cc2c(cc1[C@@H](c1ccc3c(c1)OCO3)N1CCN([C@@H](c3ccc4c(c3)OCO4)c3cc4c(cc3O)OCO4)CC1)OCO2. The predicted octanol–water partition coefficient (Wildman–Crippen LogP) is 4.51. The molecule has 5 aliphatic heterocycles. The molecule has 12 nitrogen and oxygen atoms in total. The summed E-state index contributed by atoms with van der Waals surface area (Å²) in [6.45, 7) is 3.17. The minimum absolute atomic E-state index is 0.111. The monoisotopic (exact) mass is 626 g/mol. The molecule has 0 bridgehead atoms. The van der Waals surface area contributed by atoms with E-state index >= 15 is 0 Å². The average Bonchev–Trinajstić information content (AvgIpc) is 3.89. The Morgan fingerprint density at radius 3 is 1.13 bits per heavy atom. The smallest absolute Gasteiger partial charge is 0.231 e. The van der Waals surface area contributed by atoms with Crippen LogP contribution in [0.3, 0.4) is 0 Å². The van der Waals surface area contributed by atoms with E-state index in [-0.39, 0.29) is 50.8 Å². The number of phenols is 2. The van der Waals surface area contributed by atoms with E-state index in [1.165, 1.54) is 0 Å². The molecule has 12 heteroatoms. The first-order valence-electron chi connectivity index (χ1n) is 15.1. The van der Waals surface area contributed by atoms with Gasteiger partial charge in [-0.2, -0.15) is 0 Å². The highest BCUT2D eigenvalue weighted by molar-refractivity contribution is 5.57. The van der Waals surface area contributed by atoms with E-state index < -0.39 is 0 Å². The lowest BCUT2D eigenvalue weighted by Crippen LogP contribution is -2.49. The van der Waals surface area contributed by atoms with E-state index in [1.807, 2.05) is 48.5 Å². The van der Waals surface area contributed by atoms with Crippen LogP contribution in [0.15, 0.2) is 60.7 Å². The Hall–Kier alpha value is -5.20. The van der Waals surface area contributed by atoms with Gasteiger partial charge in [0.25, 0.3) is 0 Å². The van der Waals surface area contributed by atoms with Crippen molar-refractivity contribution < 1.29 is 48.1 Å². The standard InChI is InChI=1S/C34H30N2O10/c37-23-13-31-29(43-17-45-31)11-21(23)33(19-1-3-25-27(9-19)41-15-39-25)35-5-7-36(8-6-35)34(20-2-4-26-28(10-20)42-16-40-26)22-12-30-32(14-24(22)38)46-18-44-30/h1-4,9-14,33-34,37-38H,5-8,15-18H2/t33-,34+. The number of ether oxygens (including phenoxy) is 8. The molecule has 9 rings (SSSR count). The number of rotatable bonds is 6. The fourth-order valence-corrected chi connectivity index (χ4v) is 6.93. The van der Waals surface area contributed by atoms with Crippen LogP contribution in [0, 0.1) is 0 Å². The molecule has 0 radical (unpaired) electrons. The van der Waals surface area contributed by atoms with E-state index in [0.29, 0.717) is 83.3 Å². The van der Waals surface area contributed by atoms with Crippen molar-refractivity contribution in [2.24, 2.45) is 0 Å². The summed E-state index contributed by atoms with van der Waals surface area (Å²) in [5.41, 5.74) is 3.31. The Kier molecular flexibility index (Phi) is 6.32. The molecule has 5 aliphatic rings. The Morgan fingerprint density at radius 1 is 0.413 bits per heavy atom. The van der Waals surface area contributed by atoms with Crippen molar-refractivity contribution in [2.75, 3.05) is 53.4 Å². The van der Waals surface area contributed by atoms with E-state index in [4.69, 9.17) is 37.9 Å². The molecule has 0 unspecified atom stereocenters. The quantitative estimate of drug-likeness (QED) is 0.313. The summed E-state index contributed by atoms with van der Waals surface area (Å²) in [7, 11) is 0. The Balaban J connectivity index is 1.07. The number of aromatic hydroxyl groups is 2. The van der Waals surface area contributed by atoms with Gasteiger partial charge in [0.15, 0.2) is 46.0 Å². The van der Waals surface area contributed by atoms with E-state index in [9.17, 15) is 10.2 Å². The first-order chi connectivity index (χ1) is 22.6. The Bertz CT molecular complexity index is 1710. The van der Waals surface area contributed by atoms with Crippen LogP contribution in [0.5, 0.6) is 57.5 Å². The molecular weight excluding hydrogens is 596 g/mol. The molecular formula is C34H30N2O10. The normalized spacial score (nSPS) is 19.0. The fraction of sp³-hybridized carbons (Fsp3) is 0.294. The summed E-state index contributed by atoms with van der Waals surface area (Å²) >= 11 is 0. The first-order valence-corrected chi connectivity index (χ1v) is 15.1. The summed E-state index contributed by atoms with van der Waals surface area (Å²) in [6, 6.07) is 18.1. The van der Waals surface area contributed by atoms with Crippen LogP contribution in [0.1, 0.15) is 34.3 Å². The van der Waals surface area contributed by atoms with Crippen LogP contribution in [0.25, 0.3) is 0 Å². The van der Waals surface area contributed by atoms with Crippen molar-refractivity contribution in [1.82, 2.24) is 9.80 Å².